The molecule has 0 fully saturated rings. The van der Waals surface area contributed by atoms with Crippen LogP contribution in [0.4, 0.5) is 0 Å². The molecule has 0 bridgehead atoms. The molecule has 0 aliphatic rings. The molecule has 0 radical (unpaired) electrons. The second-order valence-electron chi connectivity index (χ2n) is 3.88. The van der Waals surface area contributed by atoms with Crippen molar-refractivity contribution in [1.29, 1.82) is 5.26 Å². The van der Waals surface area contributed by atoms with Gasteiger partial charge in [-0.2, -0.15) is 5.26 Å². The Morgan fingerprint density at radius 2 is 2.17 bits per heavy atom. The van der Waals surface area contributed by atoms with Crippen molar-refractivity contribution in [2.45, 2.75) is 13.8 Å². The Hall–Kier alpha value is -1.73. The monoisotopic (exact) mass is 267 g/mol. The molecule has 0 saturated carbocycles. The van der Waals surface area contributed by atoms with E-state index >= 15 is 0 Å². The maximum Gasteiger partial charge on any atom is 0.329 e. The lowest BCUT2D eigenvalue weighted by atomic mass is 9.94. The Bertz CT molecular complexity index is 470. The van der Waals surface area contributed by atoms with E-state index in [0.29, 0.717) is 10.8 Å². The van der Waals surface area contributed by atoms with E-state index in [-0.39, 0.29) is 13.2 Å². The van der Waals surface area contributed by atoms with E-state index in [2.05, 4.69) is 0 Å². The van der Waals surface area contributed by atoms with Crippen molar-refractivity contribution in [3.63, 3.8) is 0 Å². The van der Waals surface area contributed by atoms with Crippen molar-refractivity contribution in [3.05, 3.63) is 29.3 Å². The highest BCUT2D eigenvalue weighted by Crippen LogP contribution is 2.26. The van der Waals surface area contributed by atoms with Crippen LogP contribution in [0, 0.1) is 16.7 Å². The lowest BCUT2D eigenvalue weighted by Crippen LogP contribution is -2.34. The van der Waals surface area contributed by atoms with E-state index in [9.17, 15) is 4.79 Å². The zero-order valence-corrected chi connectivity index (χ0v) is 11.0. The standard InChI is InChI=1S/C13H14ClNO3/c1-3-17-12(16)13(2,8-15)9-18-11-7-5-4-6-10(11)14/h4-7H,3,9H2,1-2H3. The van der Waals surface area contributed by atoms with Crippen LogP contribution < -0.4 is 4.74 Å². The Morgan fingerprint density at radius 1 is 1.50 bits per heavy atom. The predicted molar refractivity (Wildman–Crippen MR) is 67.3 cm³/mol. The van der Waals surface area contributed by atoms with Crippen molar-refractivity contribution in [2.75, 3.05) is 13.2 Å². The minimum absolute atomic E-state index is 0.105. The second kappa shape index (κ2) is 6.27. The minimum Gasteiger partial charge on any atom is -0.490 e. The van der Waals surface area contributed by atoms with Gasteiger partial charge in [-0.1, -0.05) is 23.7 Å². The van der Waals surface area contributed by atoms with Gasteiger partial charge in [-0.3, -0.25) is 4.79 Å². The van der Waals surface area contributed by atoms with Gasteiger partial charge in [-0.05, 0) is 26.0 Å². The summed E-state index contributed by atoms with van der Waals surface area (Å²) in [5.41, 5.74) is -1.34. The highest BCUT2D eigenvalue weighted by molar-refractivity contribution is 6.32. The molecule has 18 heavy (non-hydrogen) atoms. The summed E-state index contributed by atoms with van der Waals surface area (Å²) in [7, 11) is 0. The summed E-state index contributed by atoms with van der Waals surface area (Å²) in [5.74, 6) is -0.163. The molecule has 0 heterocycles. The second-order valence-corrected chi connectivity index (χ2v) is 4.29. The summed E-state index contributed by atoms with van der Waals surface area (Å²) in [5, 5.41) is 9.50. The summed E-state index contributed by atoms with van der Waals surface area (Å²) >= 11 is 5.91. The number of nitriles is 1. The molecule has 4 nitrogen and oxygen atoms in total. The molecule has 0 spiro atoms. The Morgan fingerprint density at radius 3 is 2.72 bits per heavy atom. The fourth-order valence-electron chi connectivity index (χ4n) is 1.21. The summed E-state index contributed by atoms with van der Waals surface area (Å²) in [6.45, 7) is 3.28. The van der Waals surface area contributed by atoms with Crippen molar-refractivity contribution in [3.8, 4) is 11.8 Å². The number of carbonyl (C=O) groups is 1. The van der Waals surface area contributed by atoms with Gasteiger partial charge in [0.15, 0.2) is 5.41 Å². The number of halogens is 1. The van der Waals surface area contributed by atoms with Crippen molar-refractivity contribution < 1.29 is 14.3 Å². The topological polar surface area (TPSA) is 59.3 Å². The van der Waals surface area contributed by atoms with Gasteiger partial charge in [0.1, 0.15) is 12.4 Å². The first-order valence-electron chi connectivity index (χ1n) is 5.49. The molecule has 1 aromatic carbocycles. The van der Waals surface area contributed by atoms with Crippen LogP contribution in [-0.2, 0) is 9.53 Å². The zero-order chi connectivity index (χ0) is 13.6. The average molecular weight is 268 g/mol. The summed E-state index contributed by atoms with van der Waals surface area (Å²) in [6.07, 6.45) is 0. The third-order valence-corrected chi connectivity index (χ3v) is 2.64. The van der Waals surface area contributed by atoms with Crippen LogP contribution in [0.25, 0.3) is 0 Å². The molecular weight excluding hydrogens is 254 g/mol. The minimum atomic E-state index is -1.34. The molecular formula is C13H14ClNO3. The maximum atomic E-state index is 11.6. The van der Waals surface area contributed by atoms with E-state index < -0.39 is 11.4 Å². The van der Waals surface area contributed by atoms with Crippen LogP contribution in [0.3, 0.4) is 0 Å². The quantitative estimate of drug-likeness (QED) is 0.770. The SMILES string of the molecule is CCOC(=O)C(C)(C#N)COc1ccccc1Cl. The lowest BCUT2D eigenvalue weighted by molar-refractivity contribution is -0.152. The Labute approximate surface area is 111 Å². The van der Waals surface area contributed by atoms with E-state index in [4.69, 9.17) is 26.3 Å². The van der Waals surface area contributed by atoms with E-state index in [0.717, 1.165) is 0 Å². The molecule has 0 aromatic heterocycles. The van der Waals surface area contributed by atoms with Gasteiger partial charge in [0.25, 0.3) is 0 Å². The predicted octanol–water partition coefficient (Wildman–Crippen LogP) is 2.81. The molecule has 5 heteroatoms. The number of nitrogens with zero attached hydrogens (tertiary/aromatic N) is 1. The van der Waals surface area contributed by atoms with Gasteiger partial charge < -0.3 is 9.47 Å². The van der Waals surface area contributed by atoms with Gasteiger partial charge in [-0.25, -0.2) is 0 Å². The lowest BCUT2D eigenvalue weighted by Gasteiger charge is -2.20. The number of carbonyl (C=O) groups excluding carboxylic acids is 1. The van der Waals surface area contributed by atoms with Crippen molar-refractivity contribution in [1.82, 2.24) is 0 Å². The molecule has 1 atom stereocenters. The summed E-state index contributed by atoms with van der Waals surface area (Å²) < 4.78 is 10.2. The number of para-hydroxylation sites is 1. The van der Waals surface area contributed by atoms with E-state index in [1.807, 2.05) is 6.07 Å². The van der Waals surface area contributed by atoms with Crippen molar-refractivity contribution in [2.24, 2.45) is 5.41 Å². The molecule has 0 aliphatic heterocycles. The van der Waals surface area contributed by atoms with E-state index in [1.165, 1.54) is 6.92 Å². The number of hydrogen-bond acceptors (Lipinski definition) is 4. The number of esters is 1. The van der Waals surface area contributed by atoms with Gasteiger partial charge in [0.05, 0.1) is 17.7 Å². The summed E-state index contributed by atoms with van der Waals surface area (Å²) in [6, 6.07) is 8.78. The van der Waals surface area contributed by atoms with Gasteiger partial charge in [0.2, 0.25) is 0 Å². The molecule has 1 unspecified atom stereocenters. The number of rotatable bonds is 5. The highest BCUT2D eigenvalue weighted by atomic mass is 35.5. The first-order valence-corrected chi connectivity index (χ1v) is 5.87. The molecule has 1 aromatic rings. The van der Waals surface area contributed by atoms with Gasteiger partial charge >= 0.3 is 5.97 Å². The van der Waals surface area contributed by atoms with Crippen LogP contribution in [0.1, 0.15) is 13.8 Å². The molecule has 0 amide bonds. The van der Waals surface area contributed by atoms with Crippen LogP contribution >= 0.6 is 11.6 Å². The van der Waals surface area contributed by atoms with Crippen LogP contribution in [0.5, 0.6) is 5.75 Å². The first-order chi connectivity index (χ1) is 8.53. The van der Waals surface area contributed by atoms with Gasteiger partial charge in [-0.15, -0.1) is 0 Å². The number of ether oxygens (including phenoxy) is 2. The molecule has 0 aliphatic carbocycles. The van der Waals surface area contributed by atoms with Crippen LogP contribution in [-0.4, -0.2) is 19.2 Å². The zero-order valence-electron chi connectivity index (χ0n) is 10.3. The summed E-state index contributed by atoms with van der Waals surface area (Å²) in [4.78, 5) is 11.6. The highest BCUT2D eigenvalue weighted by Gasteiger charge is 2.36. The fraction of sp³-hybridized carbons (Fsp3) is 0.385. The maximum absolute atomic E-state index is 11.6. The smallest absolute Gasteiger partial charge is 0.329 e. The third kappa shape index (κ3) is 3.38. The normalized spacial score (nSPS) is 13.2. The molecule has 96 valence electrons. The molecule has 1 rings (SSSR count). The largest absolute Gasteiger partial charge is 0.490 e. The Balaban J connectivity index is 2.74. The van der Waals surface area contributed by atoms with E-state index in [1.54, 1.807) is 31.2 Å². The van der Waals surface area contributed by atoms with Crippen molar-refractivity contribution >= 4 is 17.6 Å². The first kappa shape index (κ1) is 14.3. The molecule has 0 N–H and O–H groups in total. The van der Waals surface area contributed by atoms with Crippen LogP contribution in [0.15, 0.2) is 24.3 Å². The molecule has 0 saturated heterocycles. The number of hydrogen-bond donors (Lipinski definition) is 0. The van der Waals surface area contributed by atoms with Gasteiger partial charge in [0, 0.05) is 0 Å². The number of benzene rings is 1. The Kier molecular flexibility index (Phi) is 4.99. The van der Waals surface area contributed by atoms with Crippen LogP contribution in [0.2, 0.25) is 5.02 Å². The average Bonchev–Trinajstić information content (AvgIpc) is 2.37. The third-order valence-electron chi connectivity index (χ3n) is 2.33. The fourth-order valence-corrected chi connectivity index (χ4v) is 1.40.